The third kappa shape index (κ3) is 7.94. The van der Waals surface area contributed by atoms with Crippen LogP contribution in [0.4, 0.5) is 13.2 Å². The number of rotatable bonds is 8. The van der Waals surface area contributed by atoms with Crippen molar-refractivity contribution in [3.63, 3.8) is 0 Å². The Bertz CT molecular complexity index is 718. The maximum atomic E-state index is 13.9. The predicted molar refractivity (Wildman–Crippen MR) is 109 cm³/mol. The average molecular weight is 495 g/mol. The molecular formula is C18H21F3IN3O2. The quantitative estimate of drug-likeness (QED) is 0.254. The van der Waals surface area contributed by atoms with Crippen LogP contribution in [0.15, 0.2) is 53.5 Å². The lowest BCUT2D eigenvalue weighted by Crippen LogP contribution is -2.39. The fourth-order valence-corrected chi connectivity index (χ4v) is 2.16. The average Bonchev–Trinajstić information content (AvgIpc) is 2.63. The molecule has 0 unspecified atom stereocenters. The minimum Gasteiger partial charge on any atom is -0.492 e. The van der Waals surface area contributed by atoms with Crippen LogP contribution in [0.2, 0.25) is 0 Å². The molecule has 2 rings (SSSR count). The molecule has 0 aliphatic carbocycles. The fourth-order valence-electron chi connectivity index (χ4n) is 2.16. The number of hydrogen-bond acceptors (Lipinski definition) is 3. The van der Waals surface area contributed by atoms with E-state index >= 15 is 0 Å². The number of nitrogens with zero attached hydrogens (tertiary/aromatic N) is 1. The summed E-state index contributed by atoms with van der Waals surface area (Å²) in [7, 11) is 1.55. The van der Waals surface area contributed by atoms with Gasteiger partial charge in [-0.15, -0.1) is 24.0 Å². The van der Waals surface area contributed by atoms with E-state index in [0.29, 0.717) is 19.1 Å². The van der Waals surface area contributed by atoms with Gasteiger partial charge in [-0.3, -0.25) is 4.99 Å². The second-order valence-corrected chi connectivity index (χ2v) is 5.11. The first-order chi connectivity index (χ1) is 12.6. The Hall–Kier alpha value is -2.17. The van der Waals surface area contributed by atoms with Crippen LogP contribution in [0, 0.1) is 5.82 Å². The second kappa shape index (κ2) is 12.3. The van der Waals surface area contributed by atoms with Crippen molar-refractivity contribution >= 4 is 29.9 Å². The van der Waals surface area contributed by atoms with Crippen LogP contribution < -0.4 is 20.1 Å². The Balaban J connectivity index is 0.00000364. The maximum Gasteiger partial charge on any atom is 0.387 e. The number of benzene rings is 2. The smallest absolute Gasteiger partial charge is 0.387 e. The van der Waals surface area contributed by atoms with Gasteiger partial charge >= 0.3 is 6.61 Å². The van der Waals surface area contributed by atoms with E-state index in [4.69, 9.17) is 4.74 Å². The lowest BCUT2D eigenvalue weighted by Gasteiger charge is -2.15. The number of aliphatic imine (C=N–C) groups is 1. The first-order valence-corrected chi connectivity index (χ1v) is 7.94. The Morgan fingerprint density at radius 1 is 1.07 bits per heavy atom. The SMILES string of the molecule is CN=C(NCCOc1ccccc1)NCc1c(F)cccc1OC(F)F.I. The number of para-hydroxylation sites is 1. The molecule has 0 amide bonds. The summed E-state index contributed by atoms with van der Waals surface area (Å²) in [6.07, 6.45) is 0. The van der Waals surface area contributed by atoms with E-state index in [0.717, 1.165) is 5.75 Å². The van der Waals surface area contributed by atoms with Gasteiger partial charge in [-0.05, 0) is 24.3 Å². The monoisotopic (exact) mass is 495 g/mol. The van der Waals surface area contributed by atoms with Gasteiger partial charge in [-0.1, -0.05) is 24.3 Å². The lowest BCUT2D eigenvalue weighted by molar-refractivity contribution is -0.0506. The predicted octanol–water partition coefficient (Wildman–Crippen LogP) is 3.79. The summed E-state index contributed by atoms with van der Waals surface area (Å²) in [6, 6.07) is 13.1. The molecule has 9 heteroatoms. The van der Waals surface area contributed by atoms with E-state index in [-0.39, 0.29) is 41.8 Å². The number of hydrogen-bond donors (Lipinski definition) is 2. The molecule has 0 saturated carbocycles. The van der Waals surface area contributed by atoms with Crippen molar-refractivity contribution in [3.8, 4) is 11.5 Å². The van der Waals surface area contributed by atoms with Gasteiger partial charge in [0, 0.05) is 19.2 Å². The molecule has 5 nitrogen and oxygen atoms in total. The topological polar surface area (TPSA) is 54.9 Å². The molecule has 0 atom stereocenters. The minimum absolute atomic E-state index is 0. The summed E-state index contributed by atoms with van der Waals surface area (Å²) in [4.78, 5) is 4.00. The van der Waals surface area contributed by atoms with Crippen LogP contribution in [0.1, 0.15) is 5.56 Å². The molecule has 0 aliphatic heterocycles. The zero-order chi connectivity index (χ0) is 18.8. The Labute approximate surface area is 173 Å². The van der Waals surface area contributed by atoms with E-state index in [2.05, 4.69) is 20.4 Å². The number of ether oxygens (including phenoxy) is 2. The van der Waals surface area contributed by atoms with E-state index < -0.39 is 12.4 Å². The molecular weight excluding hydrogens is 474 g/mol. The number of guanidine groups is 1. The van der Waals surface area contributed by atoms with Crippen molar-refractivity contribution in [1.29, 1.82) is 0 Å². The van der Waals surface area contributed by atoms with Crippen molar-refractivity contribution in [2.45, 2.75) is 13.2 Å². The van der Waals surface area contributed by atoms with Crippen LogP contribution in [0.3, 0.4) is 0 Å². The highest BCUT2D eigenvalue weighted by Crippen LogP contribution is 2.23. The van der Waals surface area contributed by atoms with Crippen molar-refractivity contribution in [2.24, 2.45) is 4.99 Å². The molecule has 2 aromatic carbocycles. The van der Waals surface area contributed by atoms with E-state index in [9.17, 15) is 13.2 Å². The standard InChI is InChI=1S/C18H20F3N3O2.HI/c1-22-18(23-10-11-25-13-6-3-2-4-7-13)24-12-14-15(19)8-5-9-16(14)26-17(20)21;/h2-9,17H,10-12H2,1H3,(H2,22,23,24);1H. The van der Waals surface area contributed by atoms with Gasteiger partial charge in [0.05, 0.1) is 6.54 Å². The molecule has 0 saturated heterocycles. The zero-order valence-electron chi connectivity index (χ0n) is 14.6. The normalized spacial score (nSPS) is 10.9. The van der Waals surface area contributed by atoms with Gasteiger partial charge in [0.15, 0.2) is 5.96 Å². The Morgan fingerprint density at radius 3 is 2.48 bits per heavy atom. The third-order valence-electron chi connectivity index (χ3n) is 3.35. The van der Waals surface area contributed by atoms with Gasteiger partial charge in [0.1, 0.15) is 23.9 Å². The van der Waals surface area contributed by atoms with E-state index in [1.165, 1.54) is 18.2 Å². The first kappa shape index (κ1) is 22.9. The molecule has 148 valence electrons. The Morgan fingerprint density at radius 2 is 1.81 bits per heavy atom. The van der Waals surface area contributed by atoms with Crippen molar-refractivity contribution in [2.75, 3.05) is 20.2 Å². The highest BCUT2D eigenvalue weighted by Gasteiger charge is 2.14. The van der Waals surface area contributed by atoms with E-state index in [1.54, 1.807) is 7.05 Å². The molecule has 2 N–H and O–H groups in total. The molecule has 0 spiro atoms. The fraction of sp³-hybridized carbons (Fsp3) is 0.278. The largest absolute Gasteiger partial charge is 0.492 e. The second-order valence-electron chi connectivity index (χ2n) is 5.11. The van der Waals surface area contributed by atoms with Gasteiger partial charge in [-0.25, -0.2) is 4.39 Å². The highest BCUT2D eigenvalue weighted by molar-refractivity contribution is 14.0. The van der Waals surface area contributed by atoms with Crippen LogP contribution in [0.25, 0.3) is 0 Å². The van der Waals surface area contributed by atoms with Gasteiger partial charge in [0.2, 0.25) is 0 Å². The molecule has 27 heavy (non-hydrogen) atoms. The summed E-state index contributed by atoms with van der Waals surface area (Å²) in [5, 5.41) is 5.85. The molecule has 0 aromatic heterocycles. The summed E-state index contributed by atoms with van der Waals surface area (Å²) >= 11 is 0. The summed E-state index contributed by atoms with van der Waals surface area (Å²) < 4.78 is 48.6. The molecule has 0 fully saturated rings. The number of nitrogens with one attached hydrogen (secondary N) is 2. The highest BCUT2D eigenvalue weighted by atomic mass is 127. The molecule has 0 bridgehead atoms. The van der Waals surface area contributed by atoms with Crippen molar-refractivity contribution in [3.05, 3.63) is 59.9 Å². The minimum atomic E-state index is -3.02. The number of alkyl halides is 2. The van der Waals surface area contributed by atoms with Crippen molar-refractivity contribution < 1.29 is 22.6 Å². The summed E-state index contributed by atoms with van der Waals surface area (Å²) in [6.45, 7) is -2.24. The lowest BCUT2D eigenvalue weighted by atomic mass is 10.2. The van der Waals surface area contributed by atoms with Crippen LogP contribution in [-0.2, 0) is 6.54 Å². The van der Waals surface area contributed by atoms with Gasteiger partial charge < -0.3 is 20.1 Å². The van der Waals surface area contributed by atoms with Crippen LogP contribution in [0.5, 0.6) is 11.5 Å². The van der Waals surface area contributed by atoms with Crippen LogP contribution in [-0.4, -0.2) is 32.8 Å². The summed E-state index contributed by atoms with van der Waals surface area (Å²) in [5.74, 6) is 0.277. The molecule has 0 aliphatic rings. The van der Waals surface area contributed by atoms with Crippen LogP contribution >= 0.6 is 24.0 Å². The molecule has 0 heterocycles. The maximum absolute atomic E-state index is 13.9. The van der Waals surface area contributed by atoms with E-state index in [1.807, 2.05) is 30.3 Å². The zero-order valence-corrected chi connectivity index (χ0v) is 17.0. The number of halogens is 4. The Kier molecular flexibility index (Phi) is 10.4. The molecule has 2 aromatic rings. The first-order valence-electron chi connectivity index (χ1n) is 7.94. The van der Waals surface area contributed by atoms with Gasteiger partial charge in [-0.2, -0.15) is 8.78 Å². The third-order valence-corrected chi connectivity index (χ3v) is 3.35. The van der Waals surface area contributed by atoms with Gasteiger partial charge in [0.25, 0.3) is 0 Å². The summed E-state index contributed by atoms with van der Waals surface area (Å²) in [5.41, 5.74) is -0.00344. The molecule has 0 radical (unpaired) electrons. The van der Waals surface area contributed by atoms with Crippen molar-refractivity contribution in [1.82, 2.24) is 10.6 Å².